The smallest absolute Gasteiger partial charge is 0.264 e. The summed E-state index contributed by atoms with van der Waals surface area (Å²) < 4.78 is 30.3. The zero-order valence-corrected chi connectivity index (χ0v) is 29.5. The largest absolute Gasteiger partial charge is 0.352 e. The minimum atomic E-state index is -4.20. The number of amides is 2. The third-order valence-corrected chi connectivity index (χ3v) is 11.0. The van der Waals surface area contributed by atoms with Crippen molar-refractivity contribution in [1.82, 2.24) is 10.2 Å². The minimum absolute atomic E-state index is 0.00434. The van der Waals surface area contributed by atoms with Gasteiger partial charge >= 0.3 is 0 Å². The Morgan fingerprint density at radius 1 is 0.872 bits per heavy atom. The van der Waals surface area contributed by atoms with Gasteiger partial charge in [0.2, 0.25) is 11.8 Å². The Morgan fingerprint density at radius 3 is 2.19 bits per heavy atom. The molecule has 47 heavy (non-hydrogen) atoms. The molecule has 1 aliphatic rings. The van der Waals surface area contributed by atoms with Crippen LogP contribution in [0.2, 0.25) is 5.02 Å². The topological polar surface area (TPSA) is 86.8 Å². The molecule has 1 N–H and O–H groups in total. The van der Waals surface area contributed by atoms with Crippen molar-refractivity contribution in [3.05, 3.63) is 129 Å². The number of nitrogens with zero attached hydrogens (tertiary/aromatic N) is 2. The molecule has 5 rings (SSSR count). The van der Waals surface area contributed by atoms with Crippen LogP contribution in [0, 0.1) is 6.92 Å². The summed E-state index contributed by atoms with van der Waals surface area (Å²) in [4.78, 5) is 30.4. The Bertz CT molecular complexity index is 1760. The van der Waals surface area contributed by atoms with Gasteiger partial charge in [0.05, 0.1) is 10.6 Å². The summed E-state index contributed by atoms with van der Waals surface area (Å²) in [6.45, 7) is 1.51. The molecule has 1 atom stereocenters. The van der Waals surface area contributed by atoms with Gasteiger partial charge in [-0.1, -0.05) is 107 Å². The van der Waals surface area contributed by atoms with E-state index in [-0.39, 0.29) is 29.8 Å². The van der Waals surface area contributed by atoms with E-state index in [2.05, 4.69) is 21.2 Å². The summed E-state index contributed by atoms with van der Waals surface area (Å²) in [7, 11) is -4.20. The van der Waals surface area contributed by atoms with E-state index in [9.17, 15) is 18.0 Å². The SMILES string of the molecule is Cc1ccc(N(CC(=O)N(Cc2cccc(Br)c2)[C@H](Cc2ccccc2)C(=O)NC2CCCCC2)S(=O)(=O)c2ccc(Cl)cc2)cc1. The zero-order valence-electron chi connectivity index (χ0n) is 26.3. The maximum Gasteiger partial charge on any atom is 0.264 e. The molecule has 0 saturated heterocycles. The van der Waals surface area contributed by atoms with Crippen molar-refractivity contribution in [2.75, 3.05) is 10.8 Å². The maximum absolute atomic E-state index is 14.7. The van der Waals surface area contributed by atoms with Crippen LogP contribution >= 0.6 is 27.5 Å². The highest BCUT2D eigenvalue weighted by molar-refractivity contribution is 9.10. The fourth-order valence-electron chi connectivity index (χ4n) is 5.90. The normalized spacial score (nSPS) is 14.3. The van der Waals surface area contributed by atoms with Crippen molar-refractivity contribution in [3.63, 3.8) is 0 Å². The Kier molecular flexibility index (Phi) is 11.8. The molecule has 7 nitrogen and oxygen atoms in total. The van der Waals surface area contributed by atoms with Gasteiger partial charge < -0.3 is 10.2 Å². The number of hydrogen-bond acceptors (Lipinski definition) is 4. The summed E-state index contributed by atoms with van der Waals surface area (Å²) >= 11 is 9.61. The first-order valence-electron chi connectivity index (χ1n) is 15.8. The van der Waals surface area contributed by atoms with Gasteiger partial charge in [0.15, 0.2) is 0 Å². The van der Waals surface area contributed by atoms with E-state index in [0.29, 0.717) is 10.7 Å². The Labute approximate surface area is 291 Å². The molecular formula is C37H39BrClN3O4S. The lowest BCUT2D eigenvalue weighted by Crippen LogP contribution is -2.55. The lowest BCUT2D eigenvalue weighted by molar-refractivity contribution is -0.140. The number of nitrogens with one attached hydrogen (secondary N) is 1. The van der Waals surface area contributed by atoms with Crippen molar-refractivity contribution in [1.29, 1.82) is 0 Å². The third-order valence-electron chi connectivity index (χ3n) is 8.47. The van der Waals surface area contributed by atoms with Crippen molar-refractivity contribution >= 4 is 55.1 Å². The second-order valence-corrected chi connectivity index (χ2v) is 15.2. The number of carbonyl (C=O) groups is 2. The van der Waals surface area contributed by atoms with E-state index in [1.165, 1.54) is 29.2 Å². The van der Waals surface area contributed by atoms with Crippen LogP contribution in [0.3, 0.4) is 0 Å². The third kappa shape index (κ3) is 9.24. The number of rotatable bonds is 12. The van der Waals surface area contributed by atoms with Gasteiger partial charge in [-0.3, -0.25) is 13.9 Å². The predicted molar refractivity (Wildman–Crippen MR) is 191 cm³/mol. The monoisotopic (exact) mass is 735 g/mol. The molecule has 246 valence electrons. The van der Waals surface area contributed by atoms with Gasteiger partial charge in [0, 0.05) is 28.5 Å². The quantitative estimate of drug-likeness (QED) is 0.162. The number of sulfonamides is 1. The van der Waals surface area contributed by atoms with Crippen LogP contribution in [0.1, 0.15) is 48.8 Å². The standard InChI is InChI=1S/C37H39BrClN3O4S/c1-27-15-19-33(20-16-27)42(47(45,46)34-21-17-31(39)18-22-34)26-36(43)41(25-29-11-8-12-30(38)23-29)35(24-28-9-4-2-5-10-28)37(44)40-32-13-6-3-7-14-32/h2,4-5,8-12,15-23,32,35H,3,6-7,13-14,24-26H2,1H3,(H,40,44)/t35-/m1/s1. The van der Waals surface area contributed by atoms with Gasteiger partial charge in [0.1, 0.15) is 12.6 Å². The first-order valence-corrected chi connectivity index (χ1v) is 18.4. The highest BCUT2D eigenvalue weighted by Gasteiger charge is 2.35. The van der Waals surface area contributed by atoms with Crippen LogP contribution in [-0.2, 0) is 32.6 Å². The van der Waals surface area contributed by atoms with Crippen molar-refractivity contribution in [3.8, 4) is 0 Å². The zero-order chi connectivity index (χ0) is 33.4. The first kappa shape index (κ1) is 34.7. The Morgan fingerprint density at radius 2 is 1.53 bits per heavy atom. The summed E-state index contributed by atoms with van der Waals surface area (Å²) in [5.74, 6) is -0.741. The van der Waals surface area contributed by atoms with E-state index >= 15 is 0 Å². The molecule has 0 radical (unpaired) electrons. The van der Waals surface area contributed by atoms with Gasteiger partial charge in [-0.2, -0.15) is 0 Å². The number of halogens is 2. The summed E-state index contributed by atoms with van der Waals surface area (Å²) in [5.41, 5.74) is 2.99. The highest BCUT2D eigenvalue weighted by Crippen LogP contribution is 2.27. The second-order valence-electron chi connectivity index (χ2n) is 12.0. The van der Waals surface area contributed by atoms with Crippen LogP contribution < -0.4 is 9.62 Å². The fourth-order valence-corrected chi connectivity index (χ4v) is 7.89. The number of aryl methyl sites for hydroxylation is 1. The first-order chi connectivity index (χ1) is 22.6. The number of benzene rings is 4. The van der Waals surface area contributed by atoms with E-state index < -0.39 is 28.5 Å². The molecule has 4 aromatic carbocycles. The molecule has 4 aromatic rings. The van der Waals surface area contributed by atoms with Crippen LogP contribution in [0.4, 0.5) is 5.69 Å². The van der Waals surface area contributed by atoms with Crippen LogP contribution in [0.5, 0.6) is 0 Å². The molecule has 1 saturated carbocycles. The van der Waals surface area contributed by atoms with E-state index in [1.54, 1.807) is 24.3 Å². The predicted octanol–water partition coefficient (Wildman–Crippen LogP) is 7.70. The number of anilines is 1. The molecule has 0 bridgehead atoms. The number of carbonyl (C=O) groups excluding carboxylic acids is 2. The van der Waals surface area contributed by atoms with E-state index in [4.69, 9.17) is 11.6 Å². The average molecular weight is 737 g/mol. The number of hydrogen-bond donors (Lipinski definition) is 1. The van der Waals surface area contributed by atoms with Crippen LogP contribution in [0.15, 0.2) is 112 Å². The molecule has 0 heterocycles. The molecule has 1 aliphatic carbocycles. The lowest BCUT2D eigenvalue weighted by Gasteiger charge is -2.35. The molecule has 0 aromatic heterocycles. The molecule has 0 aliphatic heterocycles. The van der Waals surface area contributed by atoms with E-state index in [0.717, 1.165) is 57.6 Å². The summed E-state index contributed by atoms with van der Waals surface area (Å²) in [6.07, 6.45) is 5.29. The van der Waals surface area contributed by atoms with Gasteiger partial charge in [-0.15, -0.1) is 0 Å². The van der Waals surface area contributed by atoms with Crippen LogP contribution in [-0.4, -0.2) is 43.8 Å². The Balaban J connectivity index is 1.56. The Hall–Kier alpha value is -3.66. The maximum atomic E-state index is 14.7. The van der Waals surface area contributed by atoms with Gasteiger partial charge in [-0.25, -0.2) is 8.42 Å². The molecule has 0 spiro atoms. The molecule has 0 unspecified atom stereocenters. The van der Waals surface area contributed by atoms with Crippen LogP contribution in [0.25, 0.3) is 0 Å². The van der Waals surface area contributed by atoms with Gasteiger partial charge in [-0.05, 0) is 79.4 Å². The van der Waals surface area contributed by atoms with Crippen molar-refractivity contribution in [2.45, 2.75) is 69.0 Å². The minimum Gasteiger partial charge on any atom is -0.352 e. The average Bonchev–Trinajstić information content (AvgIpc) is 3.06. The van der Waals surface area contributed by atoms with Gasteiger partial charge in [0.25, 0.3) is 10.0 Å². The van der Waals surface area contributed by atoms with Crippen molar-refractivity contribution in [2.24, 2.45) is 0 Å². The van der Waals surface area contributed by atoms with Crippen molar-refractivity contribution < 1.29 is 18.0 Å². The van der Waals surface area contributed by atoms with E-state index in [1.807, 2.05) is 61.5 Å². The lowest BCUT2D eigenvalue weighted by atomic mass is 9.94. The molecule has 1 fully saturated rings. The molecule has 2 amide bonds. The fraction of sp³-hybridized carbons (Fsp3) is 0.297. The summed E-state index contributed by atoms with van der Waals surface area (Å²) in [6, 6.07) is 29.2. The molecular weight excluding hydrogens is 698 g/mol. The molecule has 10 heteroatoms. The highest BCUT2D eigenvalue weighted by atomic mass is 79.9. The summed E-state index contributed by atoms with van der Waals surface area (Å²) in [5, 5.41) is 3.64. The second kappa shape index (κ2) is 16.0.